The quantitative estimate of drug-likeness (QED) is 0.394. The summed E-state index contributed by atoms with van der Waals surface area (Å²) in [6.45, 7) is 2.33. The Morgan fingerprint density at radius 1 is 1.55 bits per heavy atom. The van der Waals surface area contributed by atoms with E-state index in [1.54, 1.807) is 31.4 Å². The zero-order valence-corrected chi connectivity index (χ0v) is 11.4. The van der Waals surface area contributed by atoms with Crippen LogP contribution in [0.15, 0.2) is 29.4 Å². The molecule has 0 aromatic heterocycles. The van der Waals surface area contributed by atoms with Crippen molar-refractivity contribution in [2.75, 3.05) is 19.1 Å². The molecule has 20 heavy (non-hydrogen) atoms. The minimum absolute atomic E-state index is 0.129. The third kappa shape index (κ3) is 4.59. The number of hydrazone groups is 1. The van der Waals surface area contributed by atoms with Gasteiger partial charge >= 0.3 is 0 Å². The normalized spacial score (nSPS) is 12.3. The molecule has 0 saturated carbocycles. The second-order valence-electron chi connectivity index (χ2n) is 3.98. The van der Waals surface area contributed by atoms with Crippen LogP contribution in [0.3, 0.4) is 0 Å². The number of anilines is 1. The molecule has 0 spiro atoms. The highest BCUT2D eigenvalue weighted by atomic mass is 16.5. The smallest absolute Gasteiger partial charge is 0.201 e. The van der Waals surface area contributed by atoms with Gasteiger partial charge in [-0.05, 0) is 19.1 Å². The summed E-state index contributed by atoms with van der Waals surface area (Å²) in [5, 5.41) is 19.7. The second-order valence-corrected chi connectivity index (χ2v) is 3.98. The summed E-state index contributed by atoms with van der Waals surface area (Å²) >= 11 is 0. The number of nitrogens with one attached hydrogen (secondary N) is 2. The summed E-state index contributed by atoms with van der Waals surface area (Å²) in [4.78, 5) is 0. The lowest BCUT2D eigenvalue weighted by atomic mass is 10.3. The number of nitrogens with two attached hydrogens (primary N) is 1. The molecule has 0 aliphatic carbocycles. The van der Waals surface area contributed by atoms with Crippen LogP contribution < -0.4 is 15.9 Å². The first kappa shape index (κ1) is 15.5. The summed E-state index contributed by atoms with van der Waals surface area (Å²) in [5.74, 6) is 0.174. The van der Waals surface area contributed by atoms with Crippen molar-refractivity contribution in [3.63, 3.8) is 0 Å². The van der Waals surface area contributed by atoms with Crippen molar-refractivity contribution in [3.05, 3.63) is 24.3 Å². The van der Waals surface area contributed by atoms with Crippen molar-refractivity contribution in [2.24, 2.45) is 10.8 Å². The van der Waals surface area contributed by atoms with Crippen LogP contribution in [-0.2, 0) is 4.74 Å². The van der Waals surface area contributed by atoms with E-state index in [1.165, 1.54) is 0 Å². The van der Waals surface area contributed by atoms with E-state index in [0.29, 0.717) is 18.0 Å². The SMILES string of the molecule is COCC(C)Oc1ccccc1N/N=C(\C#N)C(=N)N. The summed E-state index contributed by atoms with van der Waals surface area (Å²) in [6.07, 6.45) is -0.129. The van der Waals surface area contributed by atoms with Gasteiger partial charge in [-0.1, -0.05) is 12.1 Å². The van der Waals surface area contributed by atoms with E-state index >= 15 is 0 Å². The number of amidine groups is 1. The average molecular weight is 275 g/mol. The first-order valence-corrected chi connectivity index (χ1v) is 5.91. The van der Waals surface area contributed by atoms with Crippen LogP contribution in [0.2, 0.25) is 0 Å². The van der Waals surface area contributed by atoms with E-state index < -0.39 is 5.84 Å². The maximum Gasteiger partial charge on any atom is 0.201 e. The predicted molar refractivity (Wildman–Crippen MR) is 77.0 cm³/mol. The Balaban J connectivity index is 2.86. The molecule has 0 heterocycles. The first-order valence-electron chi connectivity index (χ1n) is 5.91. The zero-order chi connectivity index (χ0) is 15.0. The van der Waals surface area contributed by atoms with E-state index in [0.717, 1.165) is 0 Å². The number of hydrogen-bond acceptors (Lipinski definition) is 6. The average Bonchev–Trinajstić information content (AvgIpc) is 2.41. The molecule has 7 heteroatoms. The van der Waals surface area contributed by atoms with Crippen LogP contribution in [0.5, 0.6) is 5.75 Å². The molecular formula is C13H17N5O2. The predicted octanol–water partition coefficient (Wildman–Crippen LogP) is 1.33. The van der Waals surface area contributed by atoms with Crippen molar-refractivity contribution in [3.8, 4) is 11.8 Å². The van der Waals surface area contributed by atoms with Crippen molar-refractivity contribution in [1.29, 1.82) is 10.7 Å². The molecule has 0 amide bonds. The lowest BCUT2D eigenvalue weighted by Crippen LogP contribution is -2.22. The van der Waals surface area contributed by atoms with Crippen molar-refractivity contribution < 1.29 is 9.47 Å². The molecule has 0 saturated heterocycles. The molecule has 1 unspecified atom stereocenters. The molecule has 4 N–H and O–H groups in total. The molecule has 1 aromatic rings. The van der Waals surface area contributed by atoms with Gasteiger partial charge in [0.2, 0.25) is 5.71 Å². The highest BCUT2D eigenvalue weighted by molar-refractivity contribution is 6.45. The summed E-state index contributed by atoms with van der Waals surface area (Å²) in [6, 6.07) is 8.86. The standard InChI is InChI=1S/C13H17N5O2/c1-9(8-19-2)20-12-6-4-3-5-10(12)17-18-11(7-14)13(15)16/h3-6,9,17H,8H2,1-2H3,(H3,15,16)/b18-11+. The highest BCUT2D eigenvalue weighted by Gasteiger charge is 2.08. The van der Waals surface area contributed by atoms with Gasteiger partial charge < -0.3 is 15.2 Å². The van der Waals surface area contributed by atoms with Crippen LogP contribution in [-0.4, -0.2) is 31.4 Å². The summed E-state index contributed by atoms with van der Waals surface area (Å²) in [5.41, 5.74) is 8.27. The second kappa shape index (κ2) is 7.76. The topological polar surface area (TPSA) is 117 Å². The van der Waals surface area contributed by atoms with Crippen molar-refractivity contribution in [1.82, 2.24) is 0 Å². The molecule has 1 rings (SSSR count). The Morgan fingerprint density at radius 3 is 2.85 bits per heavy atom. The lowest BCUT2D eigenvalue weighted by Gasteiger charge is -2.16. The van der Waals surface area contributed by atoms with Crippen molar-refractivity contribution in [2.45, 2.75) is 13.0 Å². The minimum atomic E-state index is -0.397. The van der Waals surface area contributed by atoms with Gasteiger partial charge in [0.25, 0.3) is 0 Å². The number of nitriles is 1. The highest BCUT2D eigenvalue weighted by Crippen LogP contribution is 2.24. The fourth-order valence-electron chi connectivity index (χ4n) is 1.41. The number of ether oxygens (including phenoxy) is 2. The fourth-order valence-corrected chi connectivity index (χ4v) is 1.41. The van der Waals surface area contributed by atoms with E-state index in [9.17, 15) is 0 Å². The number of benzene rings is 1. The Morgan fingerprint density at radius 2 is 2.25 bits per heavy atom. The van der Waals surface area contributed by atoms with Gasteiger partial charge in [0.1, 0.15) is 17.9 Å². The maximum absolute atomic E-state index is 8.77. The molecule has 1 atom stereocenters. The van der Waals surface area contributed by atoms with E-state index in [-0.39, 0.29) is 11.8 Å². The van der Waals surface area contributed by atoms with Crippen LogP contribution in [0.1, 0.15) is 6.92 Å². The van der Waals surface area contributed by atoms with Gasteiger partial charge in [-0.25, -0.2) is 0 Å². The van der Waals surface area contributed by atoms with Gasteiger partial charge in [-0.3, -0.25) is 10.8 Å². The number of nitrogens with zero attached hydrogens (tertiary/aromatic N) is 2. The van der Waals surface area contributed by atoms with E-state index in [4.69, 9.17) is 25.9 Å². The molecule has 0 aliphatic rings. The Kier molecular flexibility index (Phi) is 6.00. The monoisotopic (exact) mass is 275 g/mol. The van der Waals surface area contributed by atoms with Crippen LogP contribution in [0.4, 0.5) is 5.69 Å². The maximum atomic E-state index is 8.77. The molecule has 0 fully saturated rings. The molecule has 1 aromatic carbocycles. The molecule has 0 aliphatic heterocycles. The molecule has 7 nitrogen and oxygen atoms in total. The van der Waals surface area contributed by atoms with Gasteiger partial charge in [0.05, 0.1) is 12.3 Å². The number of para-hydroxylation sites is 2. The summed E-state index contributed by atoms with van der Waals surface area (Å²) in [7, 11) is 1.60. The number of rotatable bonds is 7. The van der Waals surface area contributed by atoms with E-state index in [1.807, 2.05) is 13.0 Å². The van der Waals surface area contributed by atoms with Crippen LogP contribution in [0.25, 0.3) is 0 Å². The van der Waals surface area contributed by atoms with Crippen LogP contribution >= 0.6 is 0 Å². The van der Waals surface area contributed by atoms with Crippen molar-refractivity contribution >= 4 is 17.2 Å². The molecule has 0 radical (unpaired) electrons. The summed E-state index contributed by atoms with van der Waals surface area (Å²) < 4.78 is 10.7. The van der Waals surface area contributed by atoms with Gasteiger partial charge in [0.15, 0.2) is 5.84 Å². The molecule has 106 valence electrons. The minimum Gasteiger partial charge on any atom is -0.486 e. The Labute approximate surface area is 117 Å². The van der Waals surface area contributed by atoms with Gasteiger partial charge in [-0.15, -0.1) is 0 Å². The fraction of sp³-hybridized carbons (Fsp3) is 0.308. The first-order chi connectivity index (χ1) is 9.58. The largest absolute Gasteiger partial charge is 0.486 e. The third-order valence-corrected chi connectivity index (χ3v) is 2.27. The number of hydrogen-bond donors (Lipinski definition) is 3. The number of methoxy groups -OCH3 is 1. The Bertz CT molecular complexity index is 536. The van der Waals surface area contributed by atoms with Gasteiger partial charge in [-0.2, -0.15) is 10.4 Å². The van der Waals surface area contributed by atoms with E-state index in [2.05, 4.69) is 10.5 Å². The molecular weight excluding hydrogens is 258 g/mol. The van der Waals surface area contributed by atoms with Gasteiger partial charge in [0, 0.05) is 7.11 Å². The Hall–Kier alpha value is -2.59. The molecule has 0 bridgehead atoms. The lowest BCUT2D eigenvalue weighted by molar-refractivity contribution is 0.0925. The third-order valence-electron chi connectivity index (χ3n) is 2.27. The van der Waals surface area contributed by atoms with Crippen LogP contribution in [0, 0.1) is 16.7 Å². The zero-order valence-electron chi connectivity index (χ0n) is 11.4.